The number of carbonyl (C=O) groups is 1. The second-order valence-electron chi connectivity index (χ2n) is 5.17. The zero-order chi connectivity index (χ0) is 14.5. The molecule has 0 bridgehead atoms. The van der Waals surface area contributed by atoms with Crippen LogP contribution < -0.4 is 5.32 Å². The van der Waals surface area contributed by atoms with Gasteiger partial charge in [0.25, 0.3) is 0 Å². The van der Waals surface area contributed by atoms with Gasteiger partial charge in [0.2, 0.25) is 0 Å². The second kappa shape index (κ2) is 6.54. The summed E-state index contributed by atoms with van der Waals surface area (Å²) in [4.78, 5) is 13.0. The van der Waals surface area contributed by atoms with E-state index in [-0.39, 0.29) is 6.54 Å². The number of aromatic nitrogens is 1. The minimum absolute atomic E-state index is 0.00177. The van der Waals surface area contributed by atoms with Crippen LogP contribution in [0.25, 0.3) is 10.9 Å². The largest absolute Gasteiger partial charge is 0.480 e. The number of para-hydroxylation sites is 1. The van der Waals surface area contributed by atoms with Crippen LogP contribution in [0.1, 0.15) is 5.56 Å². The quantitative estimate of drug-likeness (QED) is 0.750. The summed E-state index contributed by atoms with van der Waals surface area (Å²) in [6.07, 6.45) is 1.93. The third-order valence-corrected chi connectivity index (χ3v) is 3.23. The van der Waals surface area contributed by atoms with E-state index in [1.807, 2.05) is 44.6 Å². The number of carboxylic acid groups (broad SMARTS) is 1. The molecule has 0 aliphatic rings. The number of fused-ring (bicyclic) bond motifs is 1. The Morgan fingerprint density at radius 1 is 1.35 bits per heavy atom. The molecule has 0 fully saturated rings. The fourth-order valence-corrected chi connectivity index (χ4v) is 2.27. The molecule has 0 saturated carbocycles. The molecule has 2 N–H and O–H groups in total. The molecule has 1 aromatic heterocycles. The van der Waals surface area contributed by atoms with Gasteiger partial charge >= 0.3 is 5.97 Å². The Morgan fingerprint density at radius 3 is 2.80 bits per heavy atom. The predicted molar refractivity (Wildman–Crippen MR) is 79.8 cm³/mol. The first-order valence-electron chi connectivity index (χ1n) is 6.72. The summed E-state index contributed by atoms with van der Waals surface area (Å²) >= 11 is 0. The molecule has 0 unspecified atom stereocenters. The van der Waals surface area contributed by atoms with Crippen LogP contribution in [0, 0.1) is 0 Å². The van der Waals surface area contributed by atoms with Crippen LogP contribution >= 0.6 is 0 Å². The summed E-state index contributed by atoms with van der Waals surface area (Å²) in [7, 11) is 4.08. The van der Waals surface area contributed by atoms with Crippen molar-refractivity contribution in [3.8, 4) is 0 Å². The second-order valence-corrected chi connectivity index (χ2v) is 5.17. The average molecular weight is 275 g/mol. The van der Waals surface area contributed by atoms with Gasteiger partial charge in [-0.2, -0.15) is 0 Å². The Balaban J connectivity index is 2.14. The van der Waals surface area contributed by atoms with Crippen molar-refractivity contribution in [2.75, 3.05) is 27.2 Å². The van der Waals surface area contributed by atoms with E-state index in [0.717, 1.165) is 36.1 Å². The van der Waals surface area contributed by atoms with Crippen molar-refractivity contribution in [3.63, 3.8) is 0 Å². The van der Waals surface area contributed by atoms with Crippen LogP contribution in [0.4, 0.5) is 0 Å². The van der Waals surface area contributed by atoms with Crippen LogP contribution in [0.15, 0.2) is 30.5 Å². The lowest BCUT2D eigenvalue weighted by Gasteiger charge is -2.09. The summed E-state index contributed by atoms with van der Waals surface area (Å²) in [6.45, 7) is 2.64. The molecule has 0 aliphatic heterocycles. The van der Waals surface area contributed by atoms with Crippen molar-refractivity contribution < 1.29 is 9.90 Å². The van der Waals surface area contributed by atoms with Gasteiger partial charge < -0.3 is 19.9 Å². The molecule has 1 heterocycles. The first kappa shape index (κ1) is 14.6. The molecular weight excluding hydrogens is 254 g/mol. The van der Waals surface area contributed by atoms with E-state index in [1.54, 1.807) is 4.57 Å². The number of aliphatic carboxylic acids is 1. The van der Waals surface area contributed by atoms with E-state index >= 15 is 0 Å². The molecule has 0 atom stereocenters. The van der Waals surface area contributed by atoms with Crippen LogP contribution in [0.2, 0.25) is 0 Å². The standard InChI is InChI=1S/C15H21N3O2/c1-17(2)8-7-16-9-12-10-18(11-15(19)20)14-6-4-3-5-13(12)14/h3-6,10,16H,7-9,11H2,1-2H3,(H,19,20). The van der Waals surface area contributed by atoms with E-state index in [2.05, 4.69) is 10.2 Å². The lowest BCUT2D eigenvalue weighted by Crippen LogP contribution is -2.26. The Bertz CT molecular complexity index is 590. The SMILES string of the molecule is CN(C)CCNCc1cn(CC(=O)O)c2ccccc12. The smallest absolute Gasteiger partial charge is 0.323 e. The third-order valence-electron chi connectivity index (χ3n) is 3.23. The molecule has 108 valence electrons. The van der Waals surface area contributed by atoms with Gasteiger partial charge in [-0.15, -0.1) is 0 Å². The van der Waals surface area contributed by atoms with Gasteiger partial charge in [0, 0.05) is 36.7 Å². The van der Waals surface area contributed by atoms with Crippen LogP contribution in [0.3, 0.4) is 0 Å². The highest BCUT2D eigenvalue weighted by molar-refractivity contribution is 5.85. The molecule has 1 aromatic carbocycles. The zero-order valence-corrected chi connectivity index (χ0v) is 12.0. The first-order valence-corrected chi connectivity index (χ1v) is 6.72. The monoisotopic (exact) mass is 275 g/mol. The van der Waals surface area contributed by atoms with Crippen molar-refractivity contribution in [1.82, 2.24) is 14.8 Å². The van der Waals surface area contributed by atoms with Gasteiger partial charge in [0.05, 0.1) is 0 Å². The number of carboxylic acids is 1. The third kappa shape index (κ3) is 3.59. The Kier molecular flexibility index (Phi) is 4.76. The Hall–Kier alpha value is -1.85. The molecule has 0 amide bonds. The van der Waals surface area contributed by atoms with Gasteiger partial charge in [0.15, 0.2) is 0 Å². The van der Waals surface area contributed by atoms with Crippen LogP contribution in [-0.2, 0) is 17.9 Å². The van der Waals surface area contributed by atoms with Gasteiger partial charge in [-0.3, -0.25) is 4.79 Å². The van der Waals surface area contributed by atoms with E-state index < -0.39 is 5.97 Å². The molecule has 20 heavy (non-hydrogen) atoms. The van der Waals surface area contributed by atoms with E-state index in [9.17, 15) is 4.79 Å². The minimum atomic E-state index is -0.821. The molecule has 5 nitrogen and oxygen atoms in total. The van der Waals surface area contributed by atoms with Crippen molar-refractivity contribution in [1.29, 1.82) is 0 Å². The number of nitrogens with one attached hydrogen (secondary N) is 1. The lowest BCUT2D eigenvalue weighted by molar-refractivity contribution is -0.137. The number of hydrogen-bond donors (Lipinski definition) is 2. The van der Waals surface area contributed by atoms with Crippen LogP contribution in [-0.4, -0.2) is 47.7 Å². The molecule has 2 aromatic rings. The number of hydrogen-bond acceptors (Lipinski definition) is 3. The normalized spacial score (nSPS) is 11.3. The van der Waals surface area contributed by atoms with Gasteiger partial charge in [-0.25, -0.2) is 0 Å². The number of likely N-dealkylation sites (N-methyl/N-ethyl adjacent to an activating group) is 1. The molecular formula is C15H21N3O2. The zero-order valence-electron chi connectivity index (χ0n) is 12.0. The summed E-state index contributed by atoms with van der Waals surface area (Å²) in [5, 5.41) is 13.5. The molecule has 0 radical (unpaired) electrons. The maximum Gasteiger partial charge on any atom is 0.323 e. The van der Waals surface area contributed by atoms with Crippen LogP contribution in [0.5, 0.6) is 0 Å². The van der Waals surface area contributed by atoms with E-state index in [1.165, 1.54) is 0 Å². The summed E-state index contributed by atoms with van der Waals surface area (Å²) in [6, 6.07) is 7.92. The fraction of sp³-hybridized carbons (Fsp3) is 0.400. The topological polar surface area (TPSA) is 57.5 Å². The molecule has 2 rings (SSSR count). The highest BCUT2D eigenvalue weighted by Gasteiger charge is 2.09. The van der Waals surface area contributed by atoms with Crippen molar-refractivity contribution in [2.45, 2.75) is 13.1 Å². The summed E-state index contributed by atoms with van der Waals surface area (Å²) in [5.41, 5.74) is 2.11. The number of rotatable bonds is 7. The van der Waals surface area contributed by atoms with Crippen molar-refractivity contribution in [2.24, 2.45) is 0 Å². The number of benzene rings is 1. The maximum absolute atomic E-state index is 10.9. The van der Waals surface area contributed by atoms with E-state index in [4.69, 9.17) is 5.11 Å². The molecule has 0 spiro atoms. The van der Waals surface area contributed by atoms with Gasteiger partial charge in [-0.05, 0) is 25.7 Å². The predicted octanol–water partition coefficient (Wildman–Crippen LogP) is 1.38. The minimum Gasteiger partial charge on any atom is -0.480 e. The molecule has 5 heteroatoms. The highest BCUT2D eigenvalue weighted by Crippen LogP contribution is 2.21. The number of nitrogens with zero attached hydrogens (tertiary/aromatic N) is 2. The molecule has 0 saturated heterocycles. The van der Waals surface area contributed by atoms with E-state index in [0.29, 0.717) is 0 Å². The highest BCUT2D eigenvalue weighted by atomic mass is 16.4. The Labute approximate surface area is 118 Å². The molecule has 0 aliphatic carbocycles. The van der Waals surface area contributed by atoms with Gasteiger partial charge in [-0.1, -0.05) is 18.2 Å². The Morgan fingerprint density at radius 2 is 2.10 bits per heavy atom. The van der Waals surface area contributed by atoms with Crippen molar-refractivity contribution in [3.05, 3.63) is 36.0 Å². The summed E-state index contributed by atoms with van der Waals surface area (Å²) in [5.74, 6) is -0.821. The first-order chi connectivity index (χ1) is 9.58. The average Bonchev–Trinajstić information content (AvgIpc) is 2.73. The lowest BCUT2D eigenvalue weighted by atomic mass is 10.2. The van der Waals surface area contributed by atoms with Crippen molar-refractivity contribution >= 4 is 16.9 Å². The maximum atomic E-state index is 10.9. The fourth-order valence-electron chi connectivity index (χ4n) is 2.27. The van der Waals surface area contributed by atoms with Gasteiger partial charge in [0.1, 0.15) is 6.54 Å². The summed E-state index contributed by atoms with van der Waals surface area (Å²) < 4.78 is 1.79.